The Morgan fingerprint density at radius 3 is 1.42 bits per heavy atom. The largest absolute Gasteiger partial charge is 0.218 e. The highest BCUT2D eigenvalue weighted by Gasteiger charge is 1.95. The van der Waals surface area contributed by atoms with Gasteiger partial charge >= 0.3 is 0 Å². The van der Waals surface area contributed by atoms with E-state index < -0.39 is 16.2 Å². The van der Waals surface area contributed by atoms with E-state index in [2.05, 4.69) is 33.4 Å². The van der Waals surface area contributed by atoms with Crippen LogP contribution in [0.15, 0.2) is 0 Å². The van der Waals surface area contributed by atoms with Gasteiger partial charge in [-0.1, -0.05) is 49.0 Å². The summed E-state index contributed by atoms with van der Waals surface area (Å²) in [6, 6.07) is 0. The van der Waals surface area contributed by atoms with E-state index in [1.54, 1.807) is 0 Å². The third-order valence-corrected chi connectivity index (χ3v) is 6.60. The van der Waals surface area contributed by atoms with Crippen LogP contribution in [0.3, 0.4) is 0 Å². The zero-order valence-corrected chi connectivity index (χ0v) is 16.7. The maximum atomic E-state index is 11.4. The third-order valence-electron chi connectivity index (χ3n) is 1.69. The lowest BCUT2D eigenvalue weighted by atomic mass is 10.4. The SMILES string of the molecule is C.CC(C)SPF.CCC(C)S.CCC(C)SPF.[2HH].[2HH].[2HH]. The molecule has 7 heteroatoms. The molecule has 0 aliphatic carbocycles. The zero-order chi connectivity index (χ0) is 15.0. The minimum atomic E-state index is -0.445. The van der Waals surface area contributed by atoms with Crippen molar-refractivity contribution in [2.45, 2.75) is 77.6 Å². The van der Waals surface area contributed by atoms with Crippen molar-refractivity contribution in [3.8, 4) is 0 Å². The second-order valence-electron chi connectivity index (χ2n) is 3.91. The molecule has 0 saturated carbocycles. The highest BCUT2D eigenvalue weighted by atomic mass is 32.7. The van der Waals surface area contributed by atoms with Gasteiger partial charge in [0.1, 0.15) is 16.2 Å². The Labute approximate surface area is 142 Å². The Morgan fingerprint density at radius 1 is 1.00 bits per heavy atom. The molecule has 0 aromatic rings. The van der Waals surface area contributed by atoms with Gasteiger partial charge in [0.2, 0.25) is 0 Å². The summed E-state index contributed by atoms with van der Waals surface area (Å²) < 4.78 is 22.7. The van der Waals surface area contributed by atoms with Gasteiger partial charge in [0.05, 0.1) is 0 Å². The van der Waals surface area contributed by atoms with Gasteiger partial charge in [0.15, 0.2) is 0 Å². The number of rotatable bonds is 6. The molecule has 0 nitrogen and oxygen atoms in total. The van der Waals surface area contributed by atoms with E-state index in [9.17, 15) is 8.39 Å². The molecule has 0 N–H and O–H groups in total. The second kappa shape index (κ2) is 24.8. The third kappa shape index (κ3) is 45.1. The molecule has 0 aromatic heterocycles. The standard InChI is InChI=1S/C4H10FPS.C4H10S.C3H8FPS.CH4.3H2/c1-3-4(2)7-6-5;1-3-4(2)5;1-3(2)6-5-4;;;;/h4,6H,3H2,1-2H3;4-5H,3H2,1-2H3;3,5H,1-2H3;1H4;3*1H/i;;;;3*1+1. The van der Waals surface area contributed by atoms with Crippen molar-refractivity contribution in [1.82, 2.24) is 0 Å². The van der Waals surface area contributed by atoms with Crippen molar-refractivity contribution in [2.24, 2.45) is 0 Å². The van der Waals surface area contributed by atoms with E-state index in [0.29, 0.717) is 15.7 Å². The van der Waals surface area contributed by atoms with Crippen LogP contribution in [0.1, 0.15) is 66.1 Å². The smallest absolute Gasteiger partial charge is 0.127 e. The molecular weight excluding hydrogens is 340 g/mol. The van der Waals surface area contributed by atoms with E-state index in [-0.39, 0.29) is 11.7 Å². The van der Waals surface area contributed by atoms with Crippen LogP contribution in [0.5, 0.6) is 0 Å². The van der Waals surface area contributed by atoms with Crippen molar-refractivity contribution in [3.63, 3.8) is 0 Å². The number of hydrogen-bond acceptors (Lipinski definition) is 3. The minimum absolute atomic E-state index is 0. The molecule has 19 heavy (non-hydrogen) atoms. The van der Waals surface area contributed by atoms with Crippen LogP contribution >= 0.6 is 51.6 Å². The Kier molecular flexibility index (Phi) is 37.6. The Balaban J connectivity index is -0.0000000284. The summed E-state index contributed by atoms with van der Waals surface area (Å²) in [6.07, 6.45) is 2.24. The lowest BCUT2D eigenvalue weighted by Crippen LogP contribution is -1.86. The van der Waals surface area contributed by atoms with Gasteiger partial charge in [-0.25, -0.2) is 8.39 Å². The van der Waals surface area contributed by atoms with Crippen LogP contribution in [-0.2, 0) is 0 Å². The second-order valence-corrected chi connectivity index (χ2v) is 9.66. The lowest BCUT2D eigenvalue weighted by Gasteiger charge is -2.00. The molecule has 0 aliphatic rings. The first kappa shape index (κ1) is 28.9. The summed E-state index contributed by atoms with van der Waals surface area (Å²) in [6.45, 7) is 12.3. The molecule has 0 saturated heterocycles. The first-order chi connectivity index (χ1) is 8.35. The molecule has 0 aliphatic heterocycles. The van der Waals surface area contributed by atoms with Crippen molar-refractivity contribution in [3.05, 3.63) is 0 Å². The zero-order valence-electron chi connectivity index (χ0n) is 12.2. The van der Waals surface area contributed by atoms with Gasteiger partial charge in [-0.05, 0) is 18.1 Å². The highest BCUT2D eigenvalue weighted by molar-refractivity contribution is 8.48. The summed E-state index contributed by atoms with van der Waals surface area (Å²) in [5.74, 6) is 0. The fourth-order valence-corrected chi connectivity index (χ4v) is 2.24. The van der Waals surface area contributed by atoms with E-state index in [4.69, 9.17) is 0 Å². The number of hydrogen-bond donors (Lipinski definition) is 1. The van der Waals surface area contributed by atoms with Crippen molar-refractivity contribution < 1.29 is 12.7 Å². The first-order valence-electron chi connectivity index (χ1n) is 6.06. The normalized spacial score (nSPS) is 13.6. The van der Waals surface area contributed by atoms with Crippen LogP contribution in [-0.4, -0.2) is 15.7 Å². The van der Waals surface area contributed by atoms with Gasteiger partial charge in [0.25, 0.3) is 0 Å². The fraction of sp³-hybridized carbons (Fsp3) is 1.00. The van der Waals surface area contributed by atoms with Gasteiger partial charge in [-0.3, -0.25) is 0 Å². The van der Waals surface area contributed by atoms with Crippen molar-refractivity contribution in [1.29, 1.82) is 0 Å². The Bertz CT molecular complexity index is 155. The molecule has 128 valence electrons. The van der Waals surface area contributed by atoms with Crippen molar-refractivity contribution >= 4 is 51.6 Å². The molecule has 0 heterocycles. The Hall–Kier alpha value is 1.77. The molecular formula is C12H38F2P2S3. The number of thiol groups is 1. The van der Waals surface area contributed by atoms with E-state index in [1.807, 2.05) is 20.8 Å². The van der Waals surface area contributed by atoms with Crippen LogP contribution < -0.4 is 0 Å². The van der Waals surface area contributed by atoms with Gasteiger partial charge in [0, 0.05) is 14.8 Å². The minimum Gasteiger partial charge on any atom is -0.218 e. The first-order valence-corrected chi connectivity index (χ1v) is 11.5. The molecule has 0 aromatic carbocycles. The van der Waals surface area contributed by atoms with Gasteiger partial charge in [-0.2, -0.15) is 12.6 Å². The monoisotopic (exact) mass is 381 g/mol. The molecule has 0 fully saturated rings. The highest BCUT2D eigenvalue weighted by Crippen LogP contribution is 2.35. The van der Waals surface area contributed by atoms with Crippen LogP contribution in [0, 0.1) is 0 Å². The summed E-state index contributed by atoms with van der Waals surface area (Å²) in [5, 5.41) is 1.53. The van der Waals surface area contributed by atoms with E-state index >= 15 is 0 Å². The van der Waals surface area contributed by atoms with Gasteiger partial charge in [-0.15, -0.1) is 22.8 Å². The number of halogens is 2. The van der Waals surface area contributed by atoms with Crippen LogP contribution in [0.4, 0.5) is 8.39 Å². The summed E-state index contributed by atoms with van der Waals surface area (Å²) in [5.41, 5.74) is 0. The molecule has 4 atom stereocenters. The maximum absolute atomic E-state index is 11.4. The van der Waals surface area contributed by atoms with Crippen LogP contribution in [0.25, 0.3) is 0 Å². The van der Waals surface area contributed by atoms with Crippen molar-refractivity contribution in [2.75, 3.05) is 0 Å². The average molecular weight is 382 g/mol. The summed E-state index contributed by atoms with van der Waals surface area (Å²) in [7, 11) is -0.884. The quantitative estimate of drug-likeness (QED) is 0.361. The van der Waals surface area contributed by atoms with Crippen LogP contribution in [0.2, 0.25) is 0 Å². The van der Waals surface area contributed by atoms with E-state index in [1.165, 1.54) is 29.2 Å². The topological polar surface area (TPSA) is 0 Å². The molecule has 0 amide bonds. The Morgan fingerprint density at radius 2 is 1.37 bits per heavy atom. The molecule has 0 bridgehead atoms. The predicted octanol–water partition coefficient (Wildman–Crippen LogP) is 8.69. The summed E-state index contributed by atoms with van der Waals surface area (Å²) in [4.78, 5) is 0. The lowest BCUT2D eigenvalue weighted by molar-refractivity contribution is 0.905. The molecule has 0 spiro atoms. The molecule has 0 rings (SSSR count). The maximum Gasteiger partial charge on any atom is 0.127 e. The molecule has 4 unspecified atom stereocenters. The van der Waals surface area contributed by atoms with E-state index in [0.717, 1.165) is 6.42 Å². The average Bonchev–Trinajstić information content (AvgIpc) is 2.30. The molecule has 0 radical (unpaired) electrons. The fourth-order valence-electron chi connectivity index (χ4n) is 0.248. The summed E-state index contributed by atoms with van der Waals surface area (Å²) >= 11 is 6.84. The predicted molar refractivity (Wildman–Crippen MR) is 111 cm³/mol. The van der Waals surface area contributed by atoms with Gasteiger partial charge < -0.3 is 0 Å².